The molecular formula is C21H17Cl2N3O4. The highest BCUT2D eigenvalue weighted by molar-refractivity contribution is 6.37. The maximum absolute atomic E-state index is 12.4. The van der Waals surface area contributed by atoms with Gasteiger partial charge in [0, 0.05) is 28.1 Å². The Bertz CT molecular complexity index is 1090. The summed E-state index contributed by atoms with van der Waals surface area (Å²) in [5, 5.41) is 11.9. The van der Waals surface area contributed by atoms with E-state index in [1.807, 2.05) is 0 Å². The molecule has 0 bridgehead atoms. The SMILES string of the molecule is Cc1ncc([N+](=O)[O-])n1CCOc1ccc(C(=O)/C=C/c2c(Cl)cccc2Cl)cc1. The summed E-state index contributed by atoms with van der Waals surface area (Å²) in [6, 6.07) is 11.7. The quantitative estimate of drug-likeness (QED) is 0.201. The molecule has 7 nitrogen and oxygen atoms in total. The summed E-state index contributed by atoms with van der Waals surface area (Å²) in [5.41, 5.74) is 1.06. The van der Waals surface area contributed by atoms with Crippen molar-refractivity contribution in [2.24, 2.45) is 0 Å². The summed E-state index contributed by atoms with van der Waals surface area (Å²) >= 11 is 12.2. The normalized spacial score (nSPS) is 11.0. The van der Waals surface area contributed by atoms with Crippen molar-refractivity contribution in [2.45, 2.75) is 13.5 Å². The second-order valence-corrected chi connectivity index (χ2v) is 7.09. The van der Waals surface area contributed by atoms with Crippen molar-refractivity contribution in [3.05, 3.63) is 91.8 Å². The Morgan fingerprint density at radius 1 is 1.20 bits per heavy atom. The maximum atomic E-state index is 12.4. The van der Waals surface area contributed by atoms with E-state index in [-0.39, 0.29) is 24.8 Å². The van der Waals surface area contributed by atoms with Gasteiger partial charge in [-0.05, 0) is 53.5 Å². The highest BCUT2D eigenvalue weighted by Crippen LogP contribution is 2.25. The average molecular weight is 446 g/mol. The van der Waals surface area contributed by atoms with Crippen molar-refractivity contribution < 1.29 is 14.5 Å². The molecule has 9 heteroatoms. The number of nitro groups is 1. The van der Waals surface area contributed by atoms with Crippen LogP contribution >= 0.6 is 23.2 Å². The number of nitrogens with zero attached hydrogens (tertiary/aromatic N) is 3. The standard InChI is InChI=1S/C21H17Cl2N3O4/c1-14-24-13-21(26(28)29)25(14)11-12-30-16-7-5-15(6-8-16)20(27)10-9-17-18(22)3-2-4-19(17)23/h2-10,13H,11-12H2,1H3/b10-9+. The molecule has 0 aliphatic carbocycles. The number of ketones is 1. The van der Waals surface area contributed by atoms with E-state index in [0.717, 1.165) is 0 Å². The van der Waals surface area contributed by atoms with Gasteiger partial charge in [0.15, 0.2) is 11.6 Å². The monoisotopic (exact) mass is 445 g/mol. The first-order valence-corrected chi connectivity index (χ1v) is 9.68. The van der Waals surface area contributed by atoms with Crippen LogP contribution in [0, 0.1) is 17.0 Å². The maximum Gasteiger partial charge on any atom is 0.342 e. The molecule has 1 heterocycles. The molecule has 154 valence electrons. The Hall–Kier alpha value is -3.16. The number of hydrogen-bond acceptors (Lipinski definition) is 5. The summed E-state index contributed by atoms with van der Waals surface area (Å²) in [7, 11) is 0. The third-order valence-corrected chi connectivity index (χ3v) is 5.00. The van der Waals surface area contributed by atoms with E-state index in [0.29, 0.717) is 32.7 Å². The zero-order valence-electron chi connectivity index (χ0n) is 15.9. The largest absolute Gasteiger partial charge is 0.489 e. The van der Waals surface area contributed by atoms with Gasteiger partial charge >= 0.3 is 5.82 Å². The van der Waals surface area contributed by atoms with Gasteiger partial charge in [-0.25, -0.2) is 9.55 Å². The van der Waals surface area contributed by atoms with Crippen LogP contribution in [0.15, 0.2) is 54.7 Å². The predicted octanol–water partition coefficient (Wildman–Crippen LogP) is 5.38. The van der Waals surface area contributed by atoms with Crippen molar-refractivity contribution in [1.29, 1.82) is 0 Å². The third kappa shape index (κ3) is 5.06. The van der Waals surface area contributed by atoms with Crippen LogP contribution in [0.1, 0.15) is 21.7 Å². The van der Waals surface area contributed by atoms with E-state index >= 15 is 0 Å². The zero-order chi connectivity index (χ0) is 21.7. The Balaban J connectivity index is 1.60. The average Bonchev–Trinajstić information content (AvgIpc) is 3.09. The molecule has 30 heavy (non-hydrogen) atoms. The van der Waals surface area contributed by atoms with E-state index in [1.165, 1.54) is 16.8 Å². The van der Waals surface area contributed by atoms with Crippen LogP contribution in [0.3, 0.4) is 0 Å². The first-order valence-electron chi connectivity index (χ1n) is 8.92. The van der Waals surface area contributed by atoms with Crippen LogP contribution in [0.4, 0.5) is 5.82 Å². The number of carbonyl (C=O) groups is 1. The van der Waals surface area contributed by atoms with Gasteiger partial charge in [-0.1, -0.05) is 29.3 Å². The molecular weight excluding hydrogens is 429 g/mol. The number of benzene rings is 2. The summed E-state index contributed by atoms with van der Waals surface area (Å²) < 4.78 is 7.10. The number of hydrogen-bond donors (Lipinski definition) is 0. The number of rotatable bonds is 8. The molecule has 3 rings (SSSR count). The minimum Gasteiger partial charge on any atom is -0.489 e. The smallest absolute Gasteiger partial charge is 0.342 e. The number of allylic oxidation sites excluding steroid dienone is 1. The third-order valence-electron chi connectivity index (χ3n) is 4.34. The van der Waals surface area contributed by atoms with Crippen molar-refractivity contribution in [1.82, 2.24) is 9.55 Å². The Kier molecular flexibility index (Phi) is 6.87. The fraction of sp³-hybridized carbons (Fsp3) is 0.143. The summed E-state index contributed by atoms with van der Waals surface area (Å²) in [5.74, 6) is 0.798. The lowest BCUT2D eigenvalue weighted by molar-refractivity contribution is -0.392. The lowest BCUT2D eigenvalue weighted by Crippen LogP contribution is -2.11. The lowest BCUT2D eigenvalue weighted by Gasteiger charge is -2.07. The first kappa shape index (κ1) is 21.5. The topological polar surface area (TPSA) is 87.3 Å². The van der Waals surface area contributed by atoms with Gasteiger partial charge in [0.2, 0.25) is 0 Å². The van der Waals surface area contributed by atoms with Gasteiger partial charge in [-0.15, -0.1) is 0 Å². The zero-order valence-corrected chi connectivity index (χ0v) is 17.4. The second kappa shape index (κ2) is 9.56. The van der Waals surface area contributed by atoms with Crippen LogP contribution in [0.25, 0.3) is 6.08 Å². The predicted molar refractivity (Wildman–Crippen MR) is 115 cm³/mol. The van der Waals surface area contributed by atoms with Crippen LogP contribution in [0.5, 0.6) is 5.75 Å². The molecule has 0 saturated heterocycles. The highest BCUT2D eigenvalue weighted by atomic mass is 35.5. The highest BCUT2D eigenvalue weighted by Gasteiger charge is 2.17. The van der Waals surface area contributed by atoms with Crippen molar-refractivity contribution in [2.75, 3.05) is 6.61 Å². The molecule has 0 radical (unpaired) electrons. The molecule has 2 aromatic carbocycles. The molecule has 0 unspecified atom stereocenters. The molecule has 3 aromatic rings. The number of aromatic nitrogens is 2. The van der Waals surface area contributed by atoms with E-state index in [9.17, 15) is 14.9 Å². The number of imidazole rings is 1. The number of aryl methyl sites for hydroxylation is 1. The second-order valence-electron chi connectivity index (χ2n) is 6.28. The van der Waals surface area contributed by atoms with Gasteiger partial charge in [0.1, 0.15) is 25.1 Å². The molecule has 0 aliphatic rings. The molecule has 0 atom stereocenters. The molecule has 0 spiro atoms. The molecule has 0 N–H and O–H groups in total. The molecule has 0 saturated carbocycles. The van der Waals surface area contributed by atoms with E-state index in [2.05, 4.69) is 4.98 Å². The number of ether oxygens (including phenoxy) is 1. The van der Waals surface area contributed by atoms with Gasteiger partial charge < -0.3 is 14.9 Å². The van der Waals surface area contributed by atoms with Crippen LogP contribution in [-0.2, 0) is 6.54 Å². The summed E-state index contributed by atoms with van der Waals surface area (Å²) in [6.07, 6.45) is 4.21. The molecule has 0 fully saturated rings. The molecule has 0 amide bonds. The van der Waals surface area contributed by atoms with Gasteiger partial charge in [0.05, 0.1) is 0 Å². The van der Waals surface area contributed by atoms with E-state index < -0.39 is 4.92 Å². The molecule has 0 aliphatic heterocycles. The Labute approximate surface area is 182 Å². The fourth-order valence-corrected chi connectivity index (χ4v) is 3.30. The van der Waals surface area contributed by atoms with E-state index in [4.69, 9.17) is 27.9 Å². The van der Waals surface area contributed by atoms with Crippen LogP contribution in [-0.4, -0.2) is 26.9 Å². The first-order chi connectivity index (χ1) is 14.4. The lowest BCUT2D eigenvalue weighted by atomic mass is 10.1. The van der Waals surface area contributed by atoms with Gasteiger partial charge in [-0.3, -0.25) is 4.79 Å². The number of carbonyl (C=O) groups excluding carboxylic acids is 1. The van der Waals surface area contributed by atoms with Crippen molar-refractivity contribution >= 4 is 40.9 Å². The van der Waals surface area contributed by atoms with Crippen LogP contribution in [0.2, 0.25) is 10.0 Å². The van der Waals surface area contributed by atoms with Crippen molar-refractivity contribution in [3.63, 3.8) is 0 Å². The Morgan fingerprint density at radius 2 is 1.87 bits per heavy atom. The van der Waals surface area contributed by atoms with Crippen LogP contribution < -0.4 is 4.74 Å². The number of halogens is 2. The minimum absolute atomic E-state index is 0.0811. The van der Waals surface area contributed by atoms with Gasteiger partial charge in [-0.2, -0.15) is 0 Å². The Morgan fingerprint density at radius 3 is 2.50 bits per heavy atom. The minimum atomic E-state index is -0.482. The summed E-state index contributed by atoms with van der Waals surface area (Å²) in [4.78, 5) is 26.8. The van der Waals surface area contributed by atoms with Gasteiger partial charge in [0.25, 0.3) is 0 Å². The fourth-order valence-electron chi connectivity index (χ4n) is 2.77. The molecule has 1 aromatic heterocycles. The van der Waals surface area contributed by atoms with E-state index in [1.54, 1.807) is 55.5 Å². The summed E-state index contributed by atoms with van der Waals surface area (Å²) in [6.45, 7) is 2.19. The van der Waals surface area contributed by atoms with Crippen molar-refractivity contribution in [3.8, 4) is 5.75 Å².